The maximum absolute atomic E-state index is 5.39. The Balaban J connectivity index is 1.22. The van der Waals surface area contributed by atoms with E-state index >= 15 is 0 Å². The van der Waals surface area contributed by atoms with Crippen LogP contribution in [0, 0.1) is 13.8 Å². The Morgan fingerprint density at radius 2 is 0.708 bits per heavy atom. The fourth-order valence-electron chi connectivity index (χ4n) is 13.6. The Labute approximate surface area is 451 Å². The summed E-state index contributed by atoms with van der Waals surface area (Å²) in [6.07, 6.45) is 42.0. The summed E-state index contributed by atoms with van der Waals surface area (Å²) in [5.41, 5.74) is 19.0. The topological polar surface area (TPSA) is 51.6 Å². The van der Waals surface area contributed by atoms with Crippen molar-refractivity contribution in [3.8, 4) is 32.7 Å². The van der Waals surface area contributed by atoms with Crippen molar-refractivity contribution in [1.82, 2.24) is 17.5 Å². The maximum atomic E-state index is 5.39. The molecule has 0 fully saturated rings. The summed E-state index contributed by atoms with van der Waals surface area (Å²) < 4.78 is 23.7. The monoisotopic (exact) mass is 1040 g/mol. The van der Waals surface area contributed by atoms with E-state index in [1.807, 2.05) is 22.7 Å². The van der Waals surface area contributed by atoms with Crippen LogP contribution in [0.5, 0.6) is 0 Å². The van der Waals surface area contributed by atoms with Crippen LogP contribution in [0.2, 0.25) is 0 Å². The quantitative estimate of drug-likeness (QED) is 0.0385. The van der Waals surface area contributed by atoms with Gasteiger partial charge in [0.15, 0.2) is 0 Å². The number of benzene rings is 3. The van der Waals surface area contributed by atoms with Crippen LogP contribution < -0.4 is 0 Å². The molecule has 0 radical (unpaired) electrons. The third-order valence-corrected chi connectivity index (χ3v) is 20.7. The maximum Gasteiger partial charge on any atom is 0.114 e. The van der Waals surface area contributed by atoms with Gasteiger partial charge in [-0.1, -0.05) is 214 Å². The third-order valence-electron chi connectivity index (χ3n) is 17.5. The van der Waals surface area contributed by atoms with E-state index in [1.54, 1.807) is 22.3 Å². The van der Waals surface area contributed by atoms with Crippen molar-refractivity contribution in [3.05, 3.63) is 69.1 Å². The van der Waals surface area contributed by atoms with Gasteiger partial charge >= 0.3 is 0 Å². The molecule has 2 aliphatic rings. The van der Waals surface area contributed by atoms with Crippen LogP contribution in [-0.2, 0) is 10.8 Å². The van der Waals surface area contributed by atoms with Crippen LogP contribution >= 0.6 is 46.1 Å². The van der Waals surface area contributed by atoms with Crippen LogP contribution in [0.1, 0.15) is 266 Å². The summed E-state index contributed by atoms with van der Waals surface area (Å²) in [5.74, 6) is 0. The fraction of sp³-hybridized carbons (Fsp3) is 0.625. The Hall–Kier alpha value is -3.04. The van der Waals surface area contributed by atoms with Gasteiger partial charge in [-0.05, 0) is 109 Å². The van der Waals surface area contributed by atoms with Gasteiger partial charge in [-0.2, -0.15) is 17.5 Å². The molecule has 3 aromatic carbocycles. The van der Waals surface area contributed by atoms with Crippen molar-refractivity contribution in [2.24, 2.45) is 0 Å². The summed E-state index contributed by atoms with van der Waals surface area (Å²) in [6.45, 7) is 13.9. The van der Waals surface area contributed by atoms with E-state index < -0.39 is 0 Å². The Morgan fingerprint density at radius 1 is 0.347 bits per heavy atom. The highest BCUT2D eigenvalue weighted by molar-refractivity contribution is 7.29. The van der Waals surface area contributed by atoms with Crippen molar-refractivity contribution in [1.29, 1.82) is 0 Å². The summed E-state index contributed by atoms with van der Waals surface area (Å²) in [4.78, 5) is 2.74. The zero-order chi connectivity index (χ0) is 49.9. The van der Waals surface area contributed by atoms with Crippen LogP contribution in [0.4, 0.5) is 0 Å². The lowest BCUT2D eigenvalue weighted by Gasteiger charge is -2.35. The van der Waals surface area contributed by atoms with Gasteiger partial charge in [-0.25, -0.2) is 0 Å². The second-order valence-corrected chi connectivity index (χ2v) is 26.1. The van der Waals surface area contributed by atoms with Crippen molar-refractivity contribution < 1.29 is 0 Å². The number of nitrogens with zero attached hydrogens (tertiary/aromatic N) is 4. The lowest BCUT2D eigenvalue weighted by molar-refractivity contribution is 0.394. The molecule has 7 aromatic rings. The highest BCUT2D eigenvalue weighted by atomic mass is 32.1. The van der Waals surface area contributed by atoms with Gasteiger partial charge in [0.1, 0.15) is 22.1 Å². The lowest BCUT2D eigenvalue weighted by atomic mass is 9.68. The third kappa shape index (κ3) is 11.2. The molecule has 0 bridgehead atoms. The normalized spacial score (nSPS) is 14.3. The van der Waals surface area contributed by atoms with E-state index in [4.69, 9.17) is 17.5 Å². The molecule has 9 rings (SSSR count). The van der Waals surface area contributed by atoms with E-state index in [-0.39, 0.29) is 10.8 Å². The molecule has 0 saturated carbocycles. The summed E-state index contributed by atoms with van der Waals surface area (Å²) in [7, 11) is 0. The first-order valence-electron chi connectivity index (χ1n) is 29.6. The van der Waals surface area contributed by atoms with Gasteiger partial charge in [0.25, 0.3) is 0 Å². The standard InChI is InChI=1S/C64H88N4S4/c1-7-11-15-19-23-27-31-35-63(36-32-28-24-20-16-12-8-2)50-42-48-51(41-47(50)57-52(63)39-45(5)59-61(57)67-71-65-59)64(37-33-29-25-21-17-13-9-3,38-34-30-26-22-18-14-10-4)53-43-49(60-62(58(48)53)68-72-66-60)54-44-56-55(70-54)40-46(6)69-56/h39-44H,7-38H2,1-6H3. The largest absolute Gasteiger partial charge is 0.173 e. The van der Waals surface area contributed by atoms with Gasteiger partial charge in [-0.3, -0.25) is 0 Å². The first-order chi connectivity index (χ1) is 35.4. The average Bonchev–Trinajstić information content (AvgIpc) is 4.25. The summed E-state index contributed by atoms with van der Waals surface area (Å²) in [5, 5.41) is 0. The summed E-state index contributed by atoms with van der Waals surface area (Å²) in [6, 6.07) is 15.7. The number of aromatic nitrogens is 4. The predicted molar refractivity (Wildman–Crippen MR) is 319 cm³/mol. The SMILES string of the molecule is CCCCCCCCCC1(CCCCCCCCC)c2cc3c(cc2-c2c1cc(C)c1nsnc21)C(CCCCCCCCC)(CCCCCCCCC)c1cc(-c2cc4sc(C)cc4s2)c2nsnc2c1-3. The second-order valence-electron chi connectivity index (χ2n) is 22.7. The first-order valence-corrected chi connectivity index (χ1v) is 32.7. The summed E-state index contributed by atoms with van der Waals surface area (Å²) >= 11 is 6.73. The number of unbranched alkanes of at least 4 members (excludes halogenated alkanes) is 24. The molecule has 4 heterocycles. The van der Waals surface area contributed by atoms with E-state index in [1.165, 1.54) is 281 Å². The van der Waals surface area contributed by atoms with Crippen LogP contribution in [0.25, 0.3) is 64.2 Å². The minimum absolute atomic E-state index is 0.0578. The molecule has 0 spiro atoms. The van der Waals surface area contributed by atoms with Crippen LogP contribution in [0.3, 0.4) is 0 Å². The molecule has 72 heavy (non-hydrogen) atoms. The van der Waals surface area contributed by atoms with E-state index in [2.05, 4.69) is 77.9 Å². The molecule has 2 aliphatic carbocycles. The zero-order valence-electron chi connectivity index (χ0n) is 45.5. The molecule has 0 aliphatic heterocycles. The highest BCUT2D eigenvalue weighted by Gasteiger charge is 2.50. The minimum atomic E-state index is -0.100. The molecule has 0 N–H and O–H groups in total. The van der Waals surface area contributed by atoms with Gasteiger partial charge in [0.05, 0.1) is 23.5 Å². The first kappa shape index (κ1) is 53.8. The Bertz CT molecular complexity index is 2770. The van der Waals surface area contributed by atoms with Gasteiger partial charge in [0, 0.05) is 46.7 Å². The predicted octanol–water partition coefficient (Wildman–Crippen LogP) is 22.4. The molecule has 0 atom stereocenters. The van der Waals surface area contributed by atoms with Crippen molar-refractivity contribution >= 4 is 77.6 Å². The molecule has 4 nitrogen and oxygen atoms in total. The van der Waals surface area contributed by atoms with E-state index in [9.17, 15) is 0 Å². The molecular weight excluding hydrogens is 953 g/mol. The number of hydrogen-bond donors (Lipinski definition) is 0. The average molecular weight is 1040 g/mol. The molecule has 388 valence electrons. The van der Waals surface area contributed by atoms with Gasteiger partial charge in [-0.15, -0.1) is 22.7 Å². The Kier molecular flexibility index (Phi) is 19.2. The number of thiophene rings is 2. The minimum Gasteiger partial charge on any atom is -0.173 e. The number of hydrogen-bond acceptors (Lipinski definition) is 8. The molecular formula is C64H88N4S4. The molecule has 0 unspecified atom stereocenters. The van der Waals surface area contributed by atoms with Crippen LogP contribution in [-0.4, -0.2) is 17.5 Å². The van der Waals surface area contributed by atoms with Crippen molar-refractivity contribution in [3.63, 3.8) is 0 Å². The lowest BCUT2D eigenvalue weighted by Crippen LogP contribution is -2.27. The molecule has 0 amide bonds. The number of rotatable bonds is 33. The highest BCUT2D eigenvalue weighted by Crippen LogP contribution is 2.63. The smallest absolute Gasteiger partial charge is 0.114 e. The fourth-order valence-corrected chi connectivity index (χ4v) is 17.1. The molecule has 8 heteroatoms. The Morgan fingerprint density at radius 3 is 1.15 bits per heavy atom. The van der Waals surface area contributed by atoms with Crippen molar-refractivity contribution in [2.45, 2.75) is 258 Å². The van der Waals surface area contributed by atoms with E-state index in [0.29, 0.717) is 0 Å². The number of aryl methyl sites for hydroxylation is 2. The van der Waals surface area contributed by atoms with E-state index in [0.717, 1.165) is 22.1 Å². The van der Waals surface area contributed by atoms with Gasteiger partial charge < -0.3 is 0 Å². The van der Waals surface area contributed by atoms with Gasteiger partial charge in [0.2, 0.25) is 0 Å². The zero-order valence-corrected chi connectivity index (χ0v) is 48.8. The van der Waals surface area contributed by atoms with Crippen molar-refractivity contribution in [2.75, 3.05) is 0 Å². The van der Waals surface area contributed by atoms with Crippen LogP contribution in [0.15, 0.2) is 36.4 Å². The number of fused-ring (bicyclic) bond motifs is 11. The molecule has 4 aromatic heterocycles. The molecule has 0 saturated heterocycles. The second kappa shape index (κ2) is 25.7.